The van der Waals surface area contributed by atoms with Crippen LogP contribution >= 0.6 is 11.3 Å². The van der Waals surface area contributed by atoms with E-state index in [1.54, 1.807) is 41.8 Å². The summed E-state index contributed by atoms with van der Waals surface area (Å²) in [5, 5.41) is 9.34. The Morgan fingerprint density at radius 1 is 1.33 bits per heavy atom. The quantitative estimate of drug-likeness (QED) is 0.741. The average molecular weight is 300 g/mol. The van der Waals surface area contributed by atoms with Gasteiger partial charge in [0.05, 0.1) is 11.8 Å². The van der Waals surface area contributed by atoms with E-state index in [1.807, 2.05) is 13.0 Å². The Morgan fingerprint density at radius 2 is 2.24 bits per heavy atom. The predicted octanol–water partition coefficient (Wildman–Crippen LogP) is 2.86. The number of aromatic nitrogens is 3. The molecule has 0 fully saturated rings. The van der Waals surface area contributed by atoms with Crippen LogP contribution in [-0.4, -0.2) is 27.6 Å². The van der Waals surface area contributed by atoms with Crippen LogP contribution in [0.15, 0.2) is 47.3 Å². The summed E-state index contributed by atoms with van der Waals surface area (Å²) in [6.45, 7) is 2.39. The van der Waals surface area contributed by atoms with Crippen molar-refractivity contribution in [3.8, 4) is 10.8 Å². The molecule has 3 aromatic heterocycles. The molecule has 0 spiro atoms. The number of nitrogens with zero attached hydrogens (tertiary/aromatic N) is 4. The number of furan rings is 1. The standard InChI is InChI=1S/C14H12N4O2S/c1-2-18(13(19)10-5-3-7-15-9-10)14-17-16-12(21-14)11-6-4-8-20-11/h3-9H,2H2,1H3. The zero-order valence-electron chi connectivity index (χ0n) is 11.3. The Kier molecular flexibility index (Phi) is 3.74. The number of carbonyl (C=O) groups excluding carboxylic acids is 1. The van der Waals surface area contributed by atoms with Gasteiger partial charge in [-0.3, -0.25) is 14.7 Å². The van der Waals surface area contributed by atoms with Crippen molar-refractivity contribution in [3.63, 3.8) is 0 Å². The van der Waals surface area contributed by atoms with Gasteiger partial charge in [0.1, 0.15) is 0 Å². The summed E-state index contributed by atoms with van der Waals surface area (Å²) >= 11 is 1.31. The fourth-order valence-electron chi connectivity index (χ4n) is 1.84. The lowest BCUT2D eigenvalue weighted by Gasteiger charge is -2.16. The van der Waals surface area contributed by atoms with Crippen LogP contribution in [0.2, 0.25) is 0 Å². The van der Waals surface area contributed by atoms with Gasteiger partial charge in [-0.05, 0) is 31.2 Å². The number of anilines is 1. The van der Waals surface area contributed by atoms with Crippen molar-refractivity contribution in [1.29, 1.82) is 0 Å². The van der Waals surface area contributed by atoms with Crippen molar-refractivity contribution in [1.82, 2.24) is 15.2 Å². The van der Waals surface area contributed by atoms with Gasteiger partial charge in [0.15, 0.2) is 10.8 Å². The molecule has 3 aromatic rings. The van der Waals surface area contributed by atoms with Crippen LogP contribution in [0.5, 0.6) is 0 Å². The molecule has 106 valence electrons. The molecule has 6 nitrogen and oxygen atoms in total. The van der Waals surface area contributed by atoms with Gasteiger partial charge >= 0.3 is 0 Å². The first-order valence-electron chi connectivity index (χ1n) is 6.39. The van der Waals surface area contributed by atoms with Crippen molar-refractivity contribution in [3.05, 3.63) is 48.5 Å². The van der Waals surface area contributed by atoms with Gasteiger partial charge in [0.2, 0.25) is 5.13 Å². The number of pyridine rings is 1. The van der Waals surface area contributed by atoms with E-state index in [0.717, 1.165) is 0 Å². The van der Waals surface area contributed by atoms with Crippen LogP contribution in [0.4, 0.5) is 5.13 Å². The summed E-state index contributed by atoms with van der Waals surface area (Å²) < 4.78 is 5.29. The molecule has 0 N–H and O–H groups in total. The third-order valence-corrected chi connectivity index (χ3v) is 3.81. The summed E-state index contributed by atoms with van der Waals surface area (Å²) in [7, 11) is 0. The zero-order chi connectivity index (χ0) is 14.7. The van der Waals surface area contributed by atoms with Gasteiger partial charge in [-0.15, -0.1) is 10.2 Å². The number of hydrogen-bond donors (Lipinski definition) is 0. The van der Waals surface area contributed by atoms with Crippen LogP contribution in [-0.2, 0) is 0 Å². The number of hydrogen-bond acceptors (Lipinski definition) is 6. The topological polar surface area (TPSA) is 72.1 Å². The minimum atomic E-state index is -0.146. The van der Waals surface area contributed by atoms with Crippen molar-refractivity contribution in [2.75, 3.05) is 11.4 Å². The van der Waals surface area contributed by atoms with Crippen LogP contribution in [0.3, 0.4) is 0 Å². The summed E-state index contributed by atoms with van der Waals surface area (Å²) in [5.74, 6) is 0.497. The maximum absolute atomic E-state index is 12.5. The molecule has 0 saturated heterocycles. The SMILES string of the molecule is CCN(C(=O)c1cccnc1)c1nnc(-c2ccco2)s1. The molecule has 7 heteroatoms. The second kappa shape index (κ2) is 5.84. The number of rotatable bonds is 4. The summed E-state index contributed by atoms with van der Waals surface area (Å²) in [6, 6.07) is 7.06. The van der Waals surface area contributed by atoms with E-state index in [9.17, 15) is 4.79 Å². The van der Waals surface area contributed by atoms with Gasteiger partial charge in [-0.2, -0.15) is 0 Å². The average Bonchev–Trinajstić information content (AvgIpc) is 3.20. The highest BCUT2D eigenvalue weighted by molar-refractivity contribution is 7.18. The largest absolute Gasteiger partial charge is 0.462 e. The molecule has 0 unspecified atom stereocenters. The van der Waals surface area contributed by atoms with Gasteiger partial charge < -0.3 is 4.42 Å². The lowest BCUT2D eigenvalue weighted by atomic mass is 10.2. The molecule has 0 aliphatic carbocycles. The second-order valence-corrected chi connectivity index (χ2v) is 5.11. The Hall–Kier alpha value is -2.54. The Labute approximate surface area is 125 Å². The van der Waals surface area contributed by atoms with Gasteiger partial charge in [0, 0.05) is 18.9 Å². The molecule has 0 bridgehead atoms. The summed E-state index contributed by atoms with van der Waals surface area (Å²) in [5.41, 5.74) is 0.522. The van der Waals surface area contributed by atoms with Crippen molar-refractivity contribution in [2.45, 2.75) is 6.92 Å². The van der Waals surface area contributed by atoms with Crippen LogP contribution in [0.25, 0.3) is 10.8 Å². The smallest absolute Gasteiger partial charge is 0.261 e. The molecule has 3 heterocycles. The van der Waals surface area contributed by atoms with E-state index in [1.165, 1.54) is 11.3 Å². The fourth-order valence-corrected chi connectivity index (χ4v) is 2.71. The third kappa shape index (κ3) is 2.68. The van der Waals surface area contributed by atoms with Crippen LogP contribution < -0.4 is 4.90 Å². The lowest BCUT2D eigenvalue weighted by molar-refractivity contribution is 0.0988. The Balaban J connectivity index is 1.89. The van der Waals surface area contributed by atoms with E-state index < -0.39 is 0 Å². The first kappa shape index (κ1) is 13.4. The number of amides is 1. The number of carbonyl (C=O) groups is 1. The first-order valence-corrected chi connectivity index (χ1v) is 7.20. The van der Waals surface area contributed by atoms with E-state index in [-0.39, 0.29) is 5.91 Å². The van der Waals surface area contributed by atoms with Crippen molar-refractivity contribution < 1.29 is 9.21 Å². The third-order valence-electron chi connectivity index (χ3n) is 2.85. The molecule has 0 aliphatic heterocycles. The molecule has 0 saturated carbocycles. The molecule has 0 radical (unpaired) electrons. The molecule has 0 aromatic carbocycles. The maximum atomic E-state index is 12.5. The maximum Gasteiger partial charge on any atom is 0.261 e. The molecule has 1 amide bonds. The molecular weight excluding hydrogens is 288 g/mol. The highest BCUT2D eigenvalue weighted by Gasteiger charge is 2.21. The van der Waals surface area contributed by atoms with Gasteiger partial charge in [-0.25, -0.2) is 0 Å². The van der Waals surface area contributed by atoms with Crippen LogP contribution in [0.1, 0.15) is 17.3 Å². The Bertz CT molecular complexity index is 725. The van der Waals surface area contributed by atoms with Crippen LogP contribution in [0, 0.1) is 0 Å². The second-order valence-electron chi connectivity index (χ2n) is 4.16. The van der Waals surface area contributed by atoms with Crippen molar-refractivity contribution in [2.24, 2.45) is 0 Å². The summed E-state index contributed by atoms with van der Waals surface area (Å²) in [6.07, 6.45) is 4.75. The van der Waals surface area contributed by atoms with E-state index in [0.29, 0.717) is 28.0 Å². The van der Waals surface area contributed by atoms with E-state index in [2.05, 4.69) is 15.2 Å². The highest BCUT2D eigenvalue weighted by atomic mass is 32.1. The normalized spacial score (nSPS) is 10.5. The predicted molar refractivity (Wildman–Crippen MR) is 79.2 cm³/mol. The first-order chi connectivity index (χ1) is 10.3. The monoisotopic (exact) mass is 300 g/mol. The molecule has 3 rings (SSSR count). The lowest BCUT2D eigenvalue weighted by Crippen LogP contribution is -2.30. The summed E-state index contributed by atoms with van der Waals surface area (Å²) in [4.78, 5) is 18.0. The molecule has 0 aliphatic rings. The molecule has 0 atom stereocenters. The van der Waals surface area contributed by atoms with E-state index in [4.69, 9.17) is 4.42 Å². The minimum Gasteiger partial charge on any atom is -0.462 e. The van der Waals surface area contributed by atoms with Gasteiger partial charge in [0.25, 0.3) is 5.91 Å². The Morgan fingerprint density at radius 3 is 2.90 bits per heavy atom. The zero-order valence-corrected chi connectivity index (χ0v) is 12.1. The molecule has 21 heavy (non-hydrogen) atoms. The van der Waals surface area contributed by atoms with Gasteiger partial charge in [-0.1, -0.05) is 11.3 Å². The fraction of sp³-hybridized carbons (Fsp3) is 0.143. The molecular formula is C14H12N4O2S. The minimum absolute atomic E-state index is 0.146. The van der Waals surface area contributed by atoms with E-state index >= 15 is 0 Å². The highest BCUT2D eigenvalue weighted by Crippen LogP contribution is 2.29. The van der Waals surface area contributed by atoms with Crippen molar-refractivity contribution >= 4 is 22.4 Å².